The van der Waals surface area contributed by atoms with Crippen molar-refractivity contribution in [2.45, 2.75) is 18.7 Å². The first-order chi connectivity index (χ1) is 9.61. The van der Waals surface area contributed by atoms with E-state index in [2.05, 4.69) is 15.9 Å². The molecule has 0 saturated heterocycles. The molecule has 0 fully saturated rings. The van der Waals surface area contributed by atoms with Crippen molar-refractivity contribution in [3.63, 3.8) is 0 Å². The first-order valence-electron chi connectivity index (χ1n) is 5.98. The lowest BCUT2D eigenvalue weighted by atomic mass is 10.2. The summed E-state index contributed by atoms with van der Waals surface area (Å²) < 4.78 is 26.8. The first-order valence-corrected chi connectivity index (χ1v) is 8.97. The highest BCUT2D eigenvalue weighted by atomic mass is 79.9. The van der Waals surface area contributed by atoms with E-state index in [-0.39, 0.29) is 28.0 Å². The lowest BCUT2D eigenvalue weighted by molar-refractivity contribution is -0.141. The zero-order valence-corrected chi connectivity index (χ0v) is 15.2. The minimum Gasteiger partial charge on any atom is -0.481 e. The molecule has 0 saturated carbocycles. The number of hydrogen-bond donors (Lipinski definition) is 1. The van der Waals surface area contributed by atoms with Gasteiger partial charge >= 0.3 is 5.97 Å². The van der Waals surface area contributed by atoms with E-state index in [9.17, 15) is 13.2 Å². The number of sulfonamides is 1. The molecule has 0 amide bonds. The zero-order chi connectivity index (χ0) is 16.4. The van der Waals surface area contributed by atoms with Gasteiger partial charge in [0.05, 0.1) is 16.0 Å². The largest absolute Gasteiger partial charge is 0.481 e. The normalized spacial score (nSPS) is 13.4. The summed E-state index contributed by atoms with van der Waals surface area (Å²) in [5.41, 5.74) is 0. The van der Waals surface area contributed by atoms with Gasteiger partial charge in [-0.2, -0.15) is 4.31 Å². The van der Waals surface area contributed by atoms with Crippen LogP contribution in [0.4, 0.5) is 0 Å². The molecule has 118 valence electrons. The molecule has 0 radical (unpaired) electrons. The number of carboxylic acid groups (broad SMARTS) is 1. The molecule has 1 N–H and O–H groups in total. The Morgan fingerprint density at radius 3 is 2.24 bits per heavy atom. The predicted molar refractivity (Wildman–Crippen MR) is 85.4 cm³/mol. The summed E-state index contributed by atoms with van der Waals surface area (Å²) in [6, 6.07) is 2.85. The average molecular weight is 419 g/mol. The maximum Gasteiger partial charge on any atom is 0.307 e. The number of benzene rings is 1. The predicted octanol–water partition coefficient (Wildman–Crippen LogP) is 3.49. The van der Waals surface area contributed by atoms with Crippen molar-refractivity contribution in [2.75, 3.05) is 13.1 Å². The summed E-state index contributed by atoms with van der Waals surface area (Å²) >= 11 is 15.1. The van der Waals surface area contributed by atoms with Crippen LogP contribution in [0.3, 0.4) is 0 Å². The maximum absolute atomic E-state index is 12.6. The fraction of sp³-hybridized carbons (Fsp3) is 0.417. The smallest absolute Gasteiger partial charge is 0.307 e. The molecule has 21 heavy (non-hydrogen) atoms. The second kappa shape index (κ2) is 7.28. The topological polar surface area (TPSA) is 74.7 Å². The van der Waals surface area contributed by atoms with Gasteiger partial charge in [0.25, 0.3) is 0 Å². The molecule has 1 unspecified atom stereocenters. The van der Waals surface area contributed by atoms with Crippen molar-refractivity contribution < 1.29 is 18.3 Å². The van der Waals surface area contributed by atoms with Gasteiger partial charge in [-0.05, 0) is 12.1 Å². The van der Waals surface area contributed by atoms with Crippen molar-refractivity contribution in [3.05, 3.63) is 26.7 Å². The van der Waals surface area contributed by atoms with E-state index >= 15 is 0 Å². The Balaban J connectivity index is 3.29. The number of nitrogens with zero attached hydrogens (tertiary/aromatic N) is 1. The van der Waals surface area contributed by atoms with Crippen LogP contribution in [0.25, 0.3) is 0 Å². The minimum atomic E-state index is -3.97. The lowest BCUT2D eigenvalue weighted by Crippen LogP contribution is -2.37. The molecule has 5 nitrogen and oxygen atoms in total. The molecule has 0 spiro atoms. The van der Waals surface area contributed by atoms with Gasteiger partial charge in [-0.15, -0.1) is 0 Å². The number of aliphatic carboxylic acids is 1. The van der Waals surface area contributed by atoms with Crippen LogP contribution in [0.5, 0.6) is 0 Å². The highest BCUT2D eigenvalue weighted by molar-refractivity contribution is 9.10. The summed E-state index contributed by atoms with van der Waals surface area (Å²) in [6.45, 7) is 3.01. The zero-order valence-electron chi connectivity index (χ0n) is 11.3. The number of hydrogen-bond acceptors (Lipinski definition) is 3. The van der Waals surface area contributed by atoms with Crippen molar-refractivity contribution >= 4 is 55.1 Å². The maximum atomic E-state index is 12.6. The van der Waals surface area contributed by atoms with Crippen molar-refractivity contribution in [1.29, 1.82) is 0 Å². The monoisotopic (exact) mass is 417 g/mol. The third-order valence-electron chi connectivity index (χ3n) is 2.81. The van der Waals surface area contributed by atoms with E-state index in [1.165, 1.54) is 19.1 Å². The Labute approximate surface area is 142 Å². The van der Waals surface area contributed by atoms with Crippen LogP contribution < -0.4 is 0 Å². The molecule has 1 aromatic rings. The Morgan fingerprint density at radius 2 is 1.86 bits per heavy atom. The Hall–Kier alpha value is -0.340. The summed E-state index contributed by atoms with van der Waals surface area (Å²) in [6.07, 6.45) is 0. The van der Waals surface area contributed by atoms with Crippen LogP contribution >= 0.6 is 39.1 Å². The molecule has 9 heteroatoms. The standard InChI is InChI=1S/C12H14BrCl2NO4S/c1-3-16(6-7(2)12(17)18)21(19,20)11-9(14)4-8(13)5-10(11)15/h4-5,7H,3,6H2,1-2H3,(H,17,18). The van der Waals surface area contributed by atoms with Gasteiger partial charge in [-0.1, -0.05) is 53.0 Å². The van der Waals surface area contributed by atoms with Crippen LogP contribution in [0.1, 0.15) is 13.8 Å². The molecular formula is C12H14BrCl2NO4S. The molecule has 1 rings (SSSR count). The highest BCUT2D eigenvalue weighted by Gasteiger charge is 2.30. The van der Waals surface area contributed by atoms with E-state index in [0.717, 1.165) is 4.31 Å². The Morgan fingerprint density at radius 1 is 1.38 bits per heavy atom. The van der Waals surface area contributed by atoms with Crippen LogP contribution in [0, 0.1) is 5.92 Å². The van der Waals surface area contributed by atoms with Gasteiger partial charge in [0, 0.05) is 17.6 Å². The Bertz CT molecular complexity index is 628. The summed E-state index contributed by atoms with van der Waals surface area (Å²) in [4.78, 5) is 10.7. The third kappa shape index (κ3) is 4.32. The number of halogens is 3. The van der Waals surface area contributed by atoms with Crippen molar-refractivity contribution in [1.82, 2.24) is 4.31 Å². The van der Waals surface area contributed by atoms with Crippen molar-refractivity contribution in [2.24, 2.45) is 5.92 Å². The van der Waals surface area contributed by atoms with Gasteiger partial charge < -0.3 is 5.11 Å². The van der Waals surface area contributed by atoms with Gasteiger partial charge in [0.15, 0.2) is 0 Å². The van der Waals surface area contributed by atoms with E-state index < -0.39 is 21.9 Å². The second-order valence-corrected chi connectivity index (χ2v) is 8.00. The molecule has 0 aliphatic rings. The van der Waals surface area contributed by atoms with Gasteiger partial charge in [-0.25, -0.2) is 8.42 Å². The quantitative estimate of drug-likeness (QED) is 0.767. The molecule has 0 bridgehead atoms. The summed E-state index contributed by atoms with van der Waals surface area (Å²) in [7, 11) is -3.97. The molecule has 0 aromatic heterocycles. The van der Waals surface area contributed by atoms with Crippen LogP contribution in [0.2, 0.25) is 10.0 Å². The fourth-order valence-corrected chi connectivity index (χ4v) is 5.11. The molecule has 0 aliphatic heterocycles. The Kier molecular flexibility index (Phi) is 6.49. The highest BCUT2D eigenvalue weighted by Crippen LogP contribution is 2.34. The molecule has 1 aromatic carbocycles. The summed E-state index contributed by atoms with van der Waals surface area (Å²) in [5, 5.41) is 8.89. The number of rotatable bonds is 6. The van der Waals surface area contributed by atoms with Gasteiger partial charge in [0.1, 0.15) is 4.90 Å². The fourth-order valence-electron chi connectivity index (χ4n) is 1.69. The lowest BCUT2D eigenvalue weighted by Gasteiger charge is -2.23. The molecule has 0 heterocycles. The first kappa shape index (κ1) is 18.7. The van der Waals surface area contributed by atoms with Crippen LogP contribution in [0.15, 0.2) is 21.5 Å². The number of carbonyl (C=O) groups is 1. The molecule has 1 atom stereocenters. The van der Waals surface area contributed by atoms with Crippen LogP contribution in [-0.2, 0) is 14.8 Å². The van der Waals surface area contributed by atoms with E-state index in [4.69, 9.17) is 28.3 Å². The van der Waals surface area contributed by atoms with Gasteiger partial charge in [-0.3, -0.25) is 4.79 Å². The molecule has 0 aliphatic carbocycles. The average Bonchev–Trinajstić information content (AvgIpc) is 2.33. The minimum absolute atomic E-state index is 0.0178. The summed E-state index contributed by atoms with van der Waals surface area (Å²) in [5.74, 6) is -1.91. The molecular weight excluding hydrogens is 405 g/mol. The number of carboxylic acids is 1. The van der Waals surface area contributed by atoms with E-state index in [0.29, 0.717) is 4.47 Å². The van der Waals surface area contributed by atoms with Gasteiger partial charge in [0.2, 0.25) is 10.0 Å². The van der Waals surface area contributed by atoms with E-state index in [1.807, 2.05) is 0 Å². The van der Waals surface area contributed by atoms with E-state index in [1.54, 1.807) is 6.92 Å². The third-order valence-corrected chi connectivity index (χ3v) is 6.13. The van der Waals surface area contributed by atoms with Crippen LogP contribution in [-0.4, -0.2) is 36.9 Å². The second-order valence-electron chi connectivity index (χ2n) is 4.39. The SMILES string of the molecule is CCN(CC(C)C(=O)O)S(=O)(=O)c1c(Cl)cc(Br)cc1Cl. The van der Waals surface area contributed by atoms with Crippen molar-refractivity contribution in [3.8, 4) is 0 Å².